The van der Waals surface area contributed by atoms with Gasteiger partial charge in [0.1, 0.15) is 0 Å². The number of methoxy groups -OCH3 is 2. The number of ether oxygens (including phenoxy) is 2. The van der Waals surface area contributed by atoms with Crippen LogP contribution in [0.3, 0.4) is 0 Å². The van der Waals surface area contributed by atoms with E-state index in [2.05, 4.69) is 4.90 Å². The summed E-state index contributed by atoms with van der Waals surface area (Å²) in [5.41, 5.74) is 5.96. The predicted octanol–water partition coefficient (Wildman–Crippen LogP) is 0.851. The van der Waals surface area contributed by atoms with E-state index in [0.717, 1.165) is 39.1 Å². The Morgan fingerprint density at radius 2 is 1.88 bits per heavy atom. The normalized spacial score (nSPS) is 25.5. The van der Waals surface area contributed by atoms with Gasteiger partial charge in [0, 0.05) is 46.0 Å². The quantitative estimate of drug-likeness (QED) is 0.628. The second-order valence-corrected chi connectivity index (χ2v) is 4.60. The van der Waals surface area contributed by atoms with E-state index in [-0.39, 0.29) is 0 Å². The zero-order valence-electron chi connectivity index (χ0n) is 10.7. The fourth-order valence-electron chi connectivity index (χ4n) is 2.42. The molecule has 0 radical (unpaired) electrons. The summed E-state index contributed by atoms with van der Waals surface area (Å²) in [5.74, 6) is 0. The van der Waals surface area contributed by atoms with Crippen molar-refractivity contribution in [3.05, 3.63) is 0 Å². The topological polar surface area (TPSA) is 47.7 Å². The molecule has 0 aromatic heterocycles. The molecule has 0 aliphatic heterocycles. The lowest BCUT2D eigenvalue weighted by molar-refractivity contribution is 0.107. The van der Waals surface area contributed by atoms with E-state index in [4.69, 9.17) is 15.2 Å². The first-order chi connectivity index (χ1) is 7.77. The van der Waals surface area contributed by atoms with Gasteiger partial charge in [0.05, 0.1) is 6.61 Å². The molecule has 0 aromatic rings. The highest BCUT2D eigenvalue weighted by Crippen LogP contribution is 2.22. The van der Waals surface area contributed by atoms with Crippen molar-refractivity contribution >= 4 is 0 Å². The van der Waals surface area contributed by atoms with Crippen molar-refractivity contribution in [3.8, 4) is 0 Å². The molecule has 1 aliphatic carbocycles. The van der Waals surface area contributed by atoms with E-state index in [9.17, 15) is 0 Å². The Hall–Kier alpha value is -0.160. The Morgan fingerprint density at radius 3 is 2.44 bits per heavy atom. The molecule has 0 bridgehead atoms. The first-order valence-electron chi connectivity index (χ1n) is 6.25. The molecule has 16 heavy (non-hydrogen) atoms. The van der Waals surface area contributed by atoms with Crippen molar-refractivity contribution in [2.75, 3.05) is 40.5 Å². The lowest BCUT2D eigenvalue weighted by Crippen LogP contribution is -2.38. The maximum atomic E-state index is 5.96. The summed E-state index contributed by atoms with van der Waals surface area (Å²) in [4.78, 5) is 2.51. The molecular weight excluding hydrogens is 204 g/mol. The molecular formula is C12H26N2O2. The summed E-state index contributed by atoms with van der Waals surface area (Å²) in [6.07, 6.45) is 4.62. The SMILES string of the molecule is COCCCN(CCOC)C1CCC(N)C1. The van der Waals surface area contributed by atoms with Crippen LogP contribution in [0, 0.1) is 0 Å². The van der Waals surface area contributed by atoms with Crippen molar-refractivity contribution in [1.29, 1.82) is 0 Å². The molecule has 2 unspecified atom stereocenters. The van der Waals surface area contributed by atoms with Crippen LogP contribution < -0.4 is 5.73 Å². The monoisotopic (exact) mass is 230 g/mol. The number of hydrogen-bond acceptors (Lipinski definition) is 4. The van der Waals surface area contributed by atoms with Gasteiger partial charge >= 0.3 is 0 Å². The van der Waals surface area contributed by atoms with E-state index >= 15 is 0 Å². The number of nitrogens with two attached hydrogens (primary N) is 1. The van der Waals surface area contributed by atoms with Crippen LogP contribution in [0.1, 0.15) is 25.7 Å². The lowest BCUT2D eigenvalue weighted by atomic mass is 10.2. The third kappa shape index (κ3) is 4.78. The van der Waals surface area contributed by atoms with Gasteiger partial charge in [-0.2, -0.15) is 0 Å². The van der Waals surface area contributed by atoms with Crippen molar-refractivity contribution in [1.82, 2.24) is 4.90 Å². The van der Waals surface area contributed by atoms with Crippen molar-refractivity contribution in [3.63, 3.8) is 0 Å². The number of rotatable bonds is 8. The fraction of sp³-hybridized carbons (Fsp3) is 1.00. The molecule has 2 N–H and O–H groups in total. The second kappa shape index (κ2) is 8.01. The Balaban J connectivity index is 2.30. The predicted molar refractivity (Wildman–Crippen MR) is 65.6 cm³/mol. The third-order valence-electron chi connectivity index (χ3n) is 3.34. The summed E-state index contributed by atoms with van der Waals surface area (Å²) in [5, 5.41) is 0. The highest BCUT2D eigenvalue weighted by molar-refractivity contribution is 4.84. The zero-order valence-corrected chi connectivity index (χ0v) is 10.7. The van der Waals surface area contributed by atoms with E-state index < -0.39 is 0 Å². The second-order valence-electron chi connectivity index (χ2n) is 4.60. The van der Waals surface area contributed by atoms with E-state index in [1.165, 1.54) is 12.8 Å². The maximum Gasteiger partial charge on any atom is 0.0589 e. The van der Waals surface area contributed by atoms with Crippen LogP contribution in [-0.2, 0) is 9.47 Å². The number of nitrogens with zero attached hydrogens (tertiary/aromatic N) is 1. The molecule has 0 aromatic carbocycles. The fourth-order valence-corrected chi connectivity index (χ4v) is 2.42. The van der Waals surface area contributed by atoms with Crippen LogP contribution in [0.15, 0.2) is 0 Å². The van der Waals surface area contributed by atoms with Crippen LogP contribution in [0.4, 0.5) is 0 Å². The van der Waals surface area contributed by atoms with Crippen LogP contribution in [0.5, 0.6) is 0 Å². The van der Waals surface area contributed by atoms with Gasteiger partial charge in [-0.25, -0.2) is 0 Å². The molecule has 0 amide bonds. The van der Waals surface area contributed by atoms with Gasteiger partial charge in [-0.1, -0.05) is 0 Å². The Morgan fingerprint density at radius 1 is 1.12 bits per heavy atom. The van der Waals surface area contributed by atoms with Gasteiger partial charge in [-0.3, -0.25) is 4.90 Å². The molecule has 0 heterocycles. The maximum absolute atomic E-state index is 5.96. The summed E-state index contributed by atoms with van der Waals surface area (Å²) in [6, 6.07) is 1.06. The van der Waals surface area contributed by atoms with E-state index in [0.29, 0.717) is 12.1 Å². The molecule has 0 saturated heterocycles. The molecule has 2 atom stereocenters. The standard InChI is InChI=1S/C12H26N2O2/c1-15-8-3-6-14(7-9-16-2)12-5-4-11(13)10-12/h11-12H,3-10,13H2,1-2H3. The molecule has 96 valence electrons. The first kappa shape index (κ1) is 13.9. The highest BCUT2D eigenvalue weighted by Gasteiger charge is 2.26. The molecule has 4 heteroatoms. The lowest BCUT2D eigenvalue weighted by Gasteiger charge is -2.28. The minimum Gasteiger partial charge on any atom is -0.385 e. The van der Waals surface area contributed by atoms with Gasteiger partial charge in [-0.15, -0.1) is 0 Å². The Bertz CT molecular complexity index is 178. The van der Waals surface area contributed by atoms with Gasteiger partial charge in [-0.05, 0) is 25.7 Å². The van der Waals surface area contributed by atoms with Crippen LogP contribution >= 0.6 is 0 Å². The third-order valence-corrected chi connectivity index (χ3v) is 3.34. The summed E-state index contributed by atoms with van der Waals surface area (Å²) < 4.78 is 10.3. The highest BCUT2D eigenvalue weighted by atomic mass is 16.5. The van der Waals surface area contributed by atoms with Crippen molar-refractivity contribution in [2.45, 2.75) is 37.8 Å². The number of hydrogen-bond donors (Lipinski definition) is 1. The summed E-state index contributed by atoms with van der Waals surface area (Å²) in [7, 11) is 3.51. The average Bonchev–Trinajstić information content (AvgIpc) is 2.70. The van der Waals surface area contributed by atoms with Crippen molar-refractivity contribution in [2.24, 2.45) is 5.73 Å². The van der Waals surface area contributed by atoms with Crippen LogP contribution in [-0.4, -0.2) is 57.5 Å². The molecule has 1 fully saturated rings. The van der Waals surface area contributed by atoms with Crippen LogP contribution in [0.2, 0.25) is 0 Å². The first-order valence-corrected chi connectivity index (χ1v) is 6.25. The average molecular weight is 230 g/mol. The largest absolute Gasteiger partial charge is 0.385 e. The minimum atomic E-state index is 0.400. The van der Waals surface area contributed by atoms with Crippen molar-refractivity contribution < 1.29 is 9.47 Å². The molecule has 1 aliphatic rings. The van der Waals surface area contributed by atoms with Gasteiger partial charge in [0.2, 0.25) is 0 Å². The van der Waals surface area contributed by atoms with E-state index in [1.807, 2.05) is 0 Å². The van der Waals surface area contributed by atoms with Gasteiger partial charge in [0.25, 0.3) is 0 Å². The Labute approximate surface area is 99.1 Å². The Kier molecular flexibility index (Phi) is 6.96. The van der Waals surface area contributed by atoms with Gasteiger partial charge in [0.15, 0.2) is 0 Å². The zero-order chi connectivity index (χ0) is 11.8. The smallest absolute Gasteiger partial charge is 0.0589 e. The molecule has 0 spiro atoms. The van der Waals surface area contributed by atoms with Crippen LogP contribution in [0.25, 0.3) is 0 Å². The molecule has 1 saturated carbocycles. The summed E-state index contributed by atoms with van der Waals surface area (Å²) in [6.45, 7) is 3.74. The molecule has 1 rings (SSSR count). The van der Waals surface area contributed by atoms with Gasteiger partial charge < -0.3 is 15.2 Å². The summed E-state index contributed by atoms with van der Waals surface area (Å²) >= 11 is 0. The molecule has 4 nitrogen and oxygen atoms in total. The minimum absolute atomic E-state index is 0.400. The van der Waals surface area contributed by atoms with E-state index in [1.54, 1.807) is 14.2 Å².